The van der Waals surface area contributed by atoms with Crippen molar-refractivity contribution in [2.75, 3.05) is 5.32 Å². The third-order valence-electron chi connectivity index (χ3n) is 5.78. The van der Waals surface area contributed by atoms with Crippen molar-refractivity contribution in [2.24, 2.45) is 0 Å². The molecule has 2 radical (unpaired) electrons. The molecule has 1 saturated carbocycles. The molecule has 158 valence electrons. The second-order valence-corrected chi connectivity index (χ2v) is 7.99. The van der Waals surface area contributed by atoms with Crippen LogP contribution in [0.3, 0.4) is 0 Å². The summed E-state index contributed by atoms with van der Waals surface area (Å²) in [5.74, 6) is 0.243. The van der Waals surface area contributed by atoms with E-state index in [0.29, 0.717) is 46.3 Å². The van der Waals surface area contributed by atoms with E-state index in [1.54, 1.807) is 28.8 Å². The Morgan fingerprint density at radius 1 is 1.16 bits per heavy atom. The average Bonchev–Trinajstić information content (AvgIpc) is 3.16. The van der Waals surface area contributed by atoms with Gasteiger partial charge < -0.3 is 10.6 Å². The number of carbonyl (C=O) groups is 1. The molecule has 2 N–H and O–H groups in total. The van der Waals surface area contributed by atoms with Crippen molar-refractivity contribution in [3.63, 3.8) is 0 Å². The van der Waals surface area contributed by atoms with Crippen LogP contribution in [0.5, 0.6) is 0 Å². The van der Waals surface area contributed by atoms with Crippen molar-refractivity contribution in [2.45, 2.75) is 31.8 Å². The van der Waals surface area contributed by atoms with Crippen LogP contribution in [0.25, 0.3) is 16.9 Å². The average molecular weight is 425 g/mol. The maximum atomic E-state index is 14.3. The maximum Gasteiger partial charge on any atom is 0.251 e. The van der Waals surface area contributed by atoms with E-state index in [-0.39, 0.29) is 11.7 Å². The number of amides is 1. The zero-order valence-corrected chi connectivity index (χ0v) is 17.4. The molecule has 2 heterocycles. The molecule has 0 atom stereocenters. The highest BCUT2D eigenvalue weighted by atomic mass is 19.1. The Bertz CT molecular complexity index is 1280. The zero-order chi connectivity index (χ0) is 22.1. The Balaban J connectivity index is 1.37. The SMILES string of the molecule is [B]c1cnn2c(NCc3ccc(C(=O)NC4CCC4)cc3)cc(-c3ccccc3F)nc12. The molecule has 0 unspecified atom stereocenters. The van der Waals surface area contributed by atoms with E-state index in [9.17, 15) is 9.18 Å². The minimum absolute atomic E-state index is 0.0356. The number of hydrogen-bond acceptors (Lipinski definition) is 4. The third-order valence-corrected chi connectivity index (χ3v) is 5.78. The molecular weight excluding hydrogens is 404 g/mol. The normalized spacial score (nSPS) is 13.7. The van der Waals surface area contributed by atoms with E-state index in [1.807, 2.05) is 24.3 Å². The van der Waals surface area contributed by atoms with Gasteiger partial charge in [0.15, 0.2) is 5.65 Å². The number of anilines is 1. The van der Waals surface area contributed by atoms with Gasteiger partial charge in [0.1, 0.15) is 19.5 Å². The Labute approximate surface area is 186 Å². The Hall–Kier alpha value is -3.68. The van der Waals surface area contributed by atoms with Crippen LogP contribution < -0.4 is 16.1 Å². The highest BCUT2D eigenvalue weighted by molar-refractivity contribution is 6.36. The number of halogens is 1. The van der Waals surface area contributed by atoms with Crippen molar-refractivity contribution in [3.8, 4) is 11.3 Å². The van der Waals surface area contributed by atoms with E-state index in [2.05, 4.69) is 20.7 Å². The number of nitrogens with zero attached hydrogens (tertiary/aromatic N) is 3. The van der Waals surface area contributed by atoms with E-state index in [4.69, 9.17) is 7.85 Å². The fourth-order valence-electron chi connectivity index (χ4n) is 3.70. The molecule has 6 nitrogen and oxygen atoms in total. The highest BCUT2D eigenvalue weighted by Gasteiger charge is 2.20. The zero-order valence-electron chi connectivity index (χ0n) is 17.4. The van der Waals surface area contributed by atoms with Crippen LogP contribution in [0.4, 0.5) is 10.2 Å². The molecule has 5 rings (SSSR count). The molecule has 2 aromatic heterocycles. The number of aromatic nitrogens is 3. The summed E-state index contributed by atoms with van der Waals surface area (Å²) < 4.78 is 15.9. The van der Waals surface area contributed by atoms with Gasteiger partial charge in [-0.15, -0.1) is 0 Å². The van der Waals surface area contributed by atoms with Crippen LogP contribution in [0.1, 0.15) is 35.2 Å². The number of fused-ring (bicyclic) bond motifs is 1. The van der Waals surface area contributed by atoms with Crippen molar-refractivity contribution < 1.29 is 9.18 Å². The molecule has 2 aromatic carbocycles. The first kappa shape index (κ1) is 20.2. The third kappa shape index (κ3) is 3.96. The highest BCUT2D eigenvalue weighted by Crippen LogP contribution is 2.24. The van der Waals surface area contributed by atoms with Crippen LogP contribution in [0.15, 0.2) is 60.8 Å². The second kappa shape index (κ2) is 8.46. The molecule has 32 heavy (non-hydrogen) atoms. The van der Waals surface area contributed by atoms with E-state index >= 15 is 0 Å². The number of carbonyl (C=O) groups excluding carboxylic acids is 1. The van der Waals surface area contributed by atoms with Gasteiger partial charge in [0.05, 0.1) is 5.69 Å². The van der Waals surface area contributed by atoms with Gasteiger partial charge in [0, 0.05) is 36.0 Å². The Morgan fingerprint density at radius 3 is 2.66 bits per heavy atom. The predicted molar refractivity (Wildman–Crippen MR) is 123 cm³/mol. The molecule has 4 aromatic rings. The largest absolute Gasteiger partial charge is 0.366 e. The molecule has 0 aliphatic heterocycles. The van der Waals surface area contributed by atoms with Crippen molar-refractivity contribution in [1.29, 1.82) is 0 Å². The number of nitrogens with one attached hydrogen (secondary N) is 2. The first-order valence-electron chi connectivity index (χ1n) is 10.6. The number of rotatable bonds is 6. The van der Waals surface area contributed by atoms with Gasteiger partial charge in [-0.05, 0) is 54.6 Å². The summed E-state index contributed by atoms with van der Waals surface area (Å²) in [5.41, 5.74) is 3.36. The molecule has 1 aliphatic carbocycles. The first-order chi connectivity index (χ1) is 15.6. The molecular formula is C24H21BFN5O. The molecule has 0 saturated heterocycles. The van der Waals surface area contributed by atoms with Gasteiger partial charge in [-0.1, -0.05) is 24.3 Å². The lowest BCUT2D eigenvalue weighted by atomic mass is 9.93. The minimum atomic E-state index is -0.357. The van der Waals surface area contributed by atoms with Crippen LogP contribution in [-0.4, -0.2) is 34.4 Å². The lowest BCUT2D eigenvalue weighted by molar-refractivity contribution is 0.0917. The predicted octanol–water partition coefficient (Wildman–Crippen LogP) is 3.22. The van der Waals surface area contributed by atoms with Crippen molar-refractivity contribution in [3.05, 3.63) is 77.7 Å². The maximum absolute atomic E-state index is 14.3. The van der Waals surface area contributed by atoms with Crippen molar-refractivity contribution >= 4 is 30.7 Å². The molecule has 0 spiro atoms. The van der Waals surface area contributed by atoms with E-state index in [0.717, 1.165) is 18.4 Å². The summed E-state index contributed by atoms with van der Waals surface area (Å²) in [6, 6.07) is 16.0. The lowest BCUT2D eigenvalue weighted by Crippen LogP contribution is -2.39. The summed E-state index contributed by atoms with van der Waals surface area (Å²) in [4.78, 5) is 16.8. The summed E-state index contributed by atoms with van der Waals surface area (Å²) in [7, 11) is 6.03. The molecule has 1 amide bonds. The van der Waals surface area contributed by atoms with Gasteiger partial charge in [0.25, 0.3) is 5.91 Å². The standard InChI is InChI=1S/C24H21BFN5O/c25-19-14-28-31-22(12-21(30-23(19)31)18-6-1-2-7-20(18)26)27-13-15-8-10-16(11-9-15)24(32)29-17-4-3-5-17/h1-2,6-12,14,17,27H,3-5,13H2,(H,29,32). The Kier molecular flexibility index (Phi) is 5.35. The molecule has 1 fully saturated rings. The van der Waals surface area contributed by atoms with Crippen LogP contribution >= 0.6 is 0 Å². The van der Waals surface area contributed by atoms with E-state index in [1.165, 1.54) is 18.7 Å². The fraction of sp³-hybridized carbons (Fsp3) is 0.208. The van der Waals surface area contributed by atoms with E-state index < -0.39 is 0 Å². The van der Waals surface area contributed by atoms with Crippen LogP contribution in [0.2, 0.25) is 0 Å². The van der Waals surface area contributed by atoms with Gasteiger partial charge in [-0.25, -0.2) is 9.37 Å². The minimum Gasteiger partial charge on any atom is -0.366 e. The van der Waals surface area contributed by atoms with Crippen molar-refractivity contribution in [1.82, 2.24) is 19.9 Å². The molecule has 8 heteroatoms. The summed E-state index contributed by atoms with van der Waals surface area (Å²) >= 11 is 0. The van der Waals surface area contributed by atoms with Gasteiger partial charge in [-0.3, -0.25) is 4.79 Å². The first-order valence-corrected chi connectivity index (χ1v) is 10.6. The van der Waals surface area contributed by atoms with Gasteiger partial charge >= 0.3 is 0 Å². The Morgan fingerprint density at radius 2 is 1.94 bits per heavy atom. The van der Waals surface area contributed by atoms with Crippen LogP contribution in [0, 0.1) is 5.82 Å². The summed E-state index contributed by atoms with van der Waals surface area (Å²) in [6.45, 7) is 0.486. The van der Waals surface area contributed by atoms with Crippen LogP contribution in [-0.2, 0) is 6.54 Å². The quantitative estimate of drug-likeness (QED) is 0.466. The molecule has 0 bridgehead atoms. The van der Waals surface area contributed by atoms with Gasteiger partial charge in [-0.2, -0.15) is 9.61 Å². The molecule has 1 aliphatic rings. The lowest BCUT2D eigenvalue weighted by Gasteiger charge is -2.26. The number of hydrogen-bond donors (Lipinski definition) is 2. The topological polar surface area (TPSA) is 71.3 Å². The fourth-order valence-corrected chi connectivity index (χ4v) is 3.70. The second-order valence-electron chi connectivity index (χ2n) is 7.99. The summed E-state index contributed by atoms with van der Waals surface area (Å²) in [5, 5.41) is 10.7. The summed E-state index contributed by atoms with van der Waals surface area (Å²) in [6.07, 6.45) is 4.81. The monoisotopic (exact) mass is 425 g/mol. The smallest absolute Gasteiger partial charge is 0.251 e. The van der Waals surface area contributed by atoms with Gasteiger partial charge in [0.2, 0.25) is 0 Å². The number of benzene rings is 2.